The Morgan fingerprint density at radius 3 is 2.75 bits per heavy atom. The molecular weight excluding hydrogens is 252 g/mol. The maximum absolute atomic E-state index is 12.3. The fourth-order valence-corrected chi connectivity index (χ4v) is 3.16. The first-order chi connectivity index (χ1) is 9.61. The van der Waals surface area contributed by atoms with E-state index in [1.165, 1.54) is 0 Å². The van der Waals surface area contributed by atoms with E-state index in [0.717, 1.165) is 36.9 Å². The van der Waals surface area contributed by atoms with Crippen LogP contribution in [0.15, 0.2) is 18.2 Å². The summed E-state index contributed by atoms with van der Waals surface area (Å²) in [5, 5.41) is 2.79. The highest BCUT2D eigenvalue weighted by Gasteiger charge is 2.23. The van der Waals surface area contributed by atoms with Gasteiger partial charge >= 0.3 is 0 Å². The Morgan fingerprint density at radius 1 is 1.25 bits per heavy atom. The molecule has 1 saturated carbocycles. The van der Waals surface area contributed by atoms with E-state index in [1.54, 1.807) is 0 Å². The summed E-state index contributed by atoms with van der Waals surface area (Å²) in [5.41, 5.74) is 8.38. The molecule has 4 nitrogen and oxygen atoms in total. The monoisotopic (exact) mass is 272 g/mol. The Morgan fingerprint density at radius 2 is 2.00 bits per heavy atom. The first-order valence-electron chi connectivity index (χ1n) is 7.33. The molecule has 2 aliphatic rings. The van der Waals surface area contributed by atoms with E-state index in [1.807, 2.05) is 18.2 Å². The number of carbonyl (C=O) groups excluding carboxylic acids is 2. The number of nitrogens with one attached hydrogen (secondary N) is 1. The molecule has 0 saturated heterocycles. The van der Waals surface area contributed by atoms with Gasteiger partial charge in [0.2, 0.25) is 5.91 Å². The molecule has 1 aliphatic heterocycles. The van der Waals surface area contributed by atoms with Crippen LogP contribution < -0.4 is 11.1 Å². The van der Waals surface area contributed by atoms with Crippen LogP contribution in [-0.2, 0) is 11.2 Å². The number of ketones is 1. The normalized spacial score (nSPS) is 25.1. The first-order valence-corrected chi connectivity index (χ1v) is 7.33. The summed E-state index contributed by atoms with van der Waals surface area (Å²) in [6, 6.07) is 5.86. The van der Waals surface area contributed by atoms with Crippen LogP contribution in [0.5, 0.6) is 0 Å². The Balaban J connectivity index is 1.66. The predicted octanol–water partition coefficient (Wildman–Crippen LogP) is 2.27. The van der Waals surface area contributed by atoms with Gasteiger partial charge in [0.05, 0.1) is 6.42 Å². The van der Waals surface area contributed by atoms with Crippen LogP contribution in [0, 0.1) is 5.92 Å². The maximum atomic E-state index is 12.3. The van der Waals surface area contributed by atoms with Gasteiger partial charge in [-0.3, -0.25) is 9.59 Å². The predicted molar refractivity (Wildman–Crippen MR) is 77.7 cm³/mol. The van der Waals surface area contributed by atoms with E-state index in [4.69, 9.17) is 5.73 Å². The molecule has 1 aromatic carbocycles. The summed E-state index contributed by atoms with van der Waals surface area (Å²) >= 11 is 0. The Bertz CT molecular complexity index is 545. The molecule has 1 heterocycles. The third-order valence-electron chi connectivity index (χ3n) is 4.42. The minimum absolute atomic E-state index is 0.00543. The van der Waals surface area contributed by atoms with Crippen molar-refractivity contribution in [1.29, 1.82) is 0 Å². The molecule has 0 unspecified atom stereocenters. The van der Waals surface area contributed by atoms with Crippen LogP contribution >= 0.6 is 0 Å². The van der Waals surface area contributed by atoms with Gasteiger partial charge in [0.15, 0.2) is 5.78 Å². The van der Waals surface area contributed by atoms with Crippen molar-refractivity contribution >= 4 is 17.4 Å². The van der Waals surface area contributed by atoms with Gasteiger partial charge < -0.3 is 11.1 Å². The van der Waals surface area contributed by atoms with Crippen molar-refractivity contribution < 1.29 is 9.59 Å². The largest absolute Gasteiger partial charge is 0.328 e. The smallest absolute Gasteiger partial charge is 0.228 e. The van der Waals surface area contributed by atoms with E-state index in [2.05, 4.69) is 5.32 Å². The second-order valence-electron chi connectivity index (χ2n) is 6.00. The fourth-order valence-electron chi connectivity index (χ4n) is 3.16. The van der Waals surface area contributed by atoms with Gasteiger partial charge in [0.1, 0.15) is 0 Å². The zero-order valence-electron chi connectivity index (χ0n) is 11.5. The summed E-state index contributed by atoms with van der Waals surface area (Å²) in [6.45, 7) is 0. The summed E-state index contributed by atoms with van der Waals surface area (Å²) in [7, 11) is 0. The van der Waals surface area contributed by atoms with Crippen molar-refractivity contribution in [2.24, 2.45) is 11.7 Å². The fraction of sp³-hybridized carbons (Fsp3) is 0.500. The zero-order valence-corrected chi connectivity index (χ0v) is 11.5. The number of rotatable bonds is 3. The second kappa shape index (κ2) is 5.37. The van der Waals surface area contributed by atoms with Gasteiger partial charge in [-0.1, -0.05) is 12.1 Å². The number of fused-ring (bicyclic) bond motifs is 1. The molecule has 0 aromatic heterocycles. The lowest BCUT2D eigenvalue weighted by atomic mass is 9.82. The number of hydrogen-bond donors (Lipinski definition) is 2. The quantitative estimate of drug-likeness (QED) is 0.829. The summed E-state index contributed by atoms with van der Waals surface area (Å²) in [5.74, 6) is 0.644. The molecule has 0 radical (unpaired) electrons. The van der Waals surface area contributed by atoms with Crippen LogP contribution in [-0.4, -0.2) is 17.7 Å². The van der Waals surface area contributed by atoms with Crippen molar-refractivity contribution in [2.75, 3.05) is 5.32 Å². The lowest BCUT2D eigenvalue weighted by molar-refractivity contribution is -0.115. The molecule has 4 heteroatoms. The second-order valence-corrected chi connectivity index (χ2v) is 6.00. The van der Waals surface area contributed by atoms with Crippen LogP contribution in [0.1, 0.15) is 48.0 Å². The average molecular weight is 272 g/mol. The number of hydrogen-bond acceptors (Lipinski definition) is 3. The number of anilines is 1. The topological polar surface area (TPSA) is 72.2 Å². The van der Waals surface area contributed by atoms with E-state index >= 15 is 0 Å². The van der Waals surface area contributed by atoms with Gasteiger partial charge in [0, 0.05) is 23.7 Å². The Kier molecular flexibility index (Phi) is 3.57. The van der Waals surface area contributed by atoms with Crippen molar-refractivity contribution in [2.45, 2.75) is 44.6 Å². The molecule has 0 spiro atoms. The summed E-state index contributed by atoms with van der Waals surface area (Å²) < 4.78 is 0. The molecule has 0 bridgehead atoms. The molecular formula is C16H20N2O2. The van der Waals surface area contributed by atoms with Crippen LogP contribution in [0.3, 0.4) is 0 Å². The standard InChI is InChI=1S/C16H20N2O2/c17-13-5-1-10(2-6-13)7-15(19)12-4-3-11-9-16(20)18-14(11)8-12/h3-4,8,10,13H,1-2,5-7,9,17H2,(H,18,20). The Labute approximate surface area is 118 Å². The van der Waals surface area contributed by atoms with E-state index in [-0.39, 0.29) is 11.7 Å². The molecule has 20 heavy (non-hydrogen) atoms. The highest BCUT2D eigenvalue weighted by atomic mass is 16.1. The number of Topliss-reactive ketones (excluding diaryl/α,β-unsaturated/α-hetero) is 1. The van der Waals surface area contributed by atoms with Gasteiger partial charge in [-0.2, -0.15) is 0 Å². The van der Waals surface area contributed by atoms with Crippen molar-refractivity contribution in [1.82, 2.24) is 0 Å². The zero-order chi connectivity index (χ0) is 14.1. The lowest BCUT2D eigenvalue weighted by Crippen LogP contribution is -2.27. The first kappa shape index (κ1) is 13.3. The minimum atomic E-state index is 0.00543. The van der Waals surface area contributed by atoms with Gasteiger partial charge in [-0.25, -0.2) is 0 Å². The van der Waals surface area contributed by atoms with Gasteiger partial charge in [0.25, 0.3) is 0 Å². The van der Waals surface area contributed by atoms with Crippen molar-refractivity contribution in [3.63, 3.8) is 0 Å². The number of nitrogens with two attached hydrogens (primary N) is 1. The molecule has 3 N–H and O–H groups in total. The minimum Gasteiger partial charge on any atom is -0.328 e. The summed E-state index contributed by atoms with van der Waals surface area (Å²) in [6.07, 6.45) is 5.17. The van der Waals surface area contributed by atoms with E-state index < -0.39 is 0 Å². The maximum Gasteiger partial charge on any atom is 0.228 e. The molecule has 1 aliphatic carbocycles. The average Bonchev–Trinajstić information content (AvgIpc) is 2.80. The molecule has 1 fully saturated rings. The van der Waals surface area contributed by atoms with Crippen LogP contribution in [0.25, 0.3) is 0 Å². The van der Waals surface area contributed by atoms with E-state index in [0.29, 0.717) is 30.4 Å². The van der Waals surface area contributed by atoms with Crippen molar-refractivity contribution in [3.05, 3.63) is 29.3 Å². The van der Waals surface area contributed by atoms with Crippen LogP contribution in [0.4, 0.5) is 5.69 Å². The summed E-state index contributed by atoms with van der Waals surface area (Å²) in [4.78, 5) is 23.7. The molecule has 106 valence electrons. The van der Waals surface area contributed by atoms with Crippen LogP contribution in [0.2, 0.25) is 0 Å². The molecule has 3 rings (SSSR count). The highest BCUT2D eigenvalue weighted by Crippen LogP contribution is 2.29. The van der Waals surface area contributed by atoms with Gasteiger partial charge in [-0.05, 0) is 43.2 Å². The molecule has 0 atom stereocenters. The van der Waals surface area contributed by atoms with E-state index in [9.17, 15) is 9.59 Å². The SMILES string of the molecule is NC1CCC(CC(=O)c2ccc3c(c2)NC(=O)C3)CC1. The lowest BCUT2D eigenvalue weighted by Gasteiger charge is -2.25. The third-order valence-corrected chi connectivity index (χ3v) is 4.42. The number of benzene rings is 1. The number of amides is 1. The third kappa shape index (κ3) is 2.75. The highest BCUT2D eigenvalue weighted by molar-refractivity contribution is 6.02. The molecule has 1 amide bonds. The molecule has 1 aromatic rings. The number of carbonyl (C=O) groups is 2. The van der Waals surface area contributed by atoms with Gasteiger partial charge in [-0.15, -0.1) is 0 Å². The van der Waals surface area contributed by atoms with Crippen molar-refractivity contribution in [3.8, 4) is 0 Å². The Hall–Kier alpha value is -1.68.